The topological polar surface area (TPSA) is 66.4 Å². The molecule has 0 spiro atoms. The fourth-order valence-electron chi connectivity index (χ4n) is 1.05. The molecule has 0 saturated carbocycles. The lowest BCUT2D eigenvalue weighted by atomic mass is 10.1. The molecular weight excluding hydrogens is 241 g/mol. The molecule has 1 amide bonds. The van der Waals surface area contributed by atoms with Crippen LogP contribution in [0.15, 0.2) is 12.1 Å². The maximum atomic E-state index is 11.3. The molecule has 0 aliphatic carbocycles. The zero-order valence-corrected chi connectivity index (χ0v) is 9.19. The number of carboxylic acid groups (broad SMARTS) is 1. The summed E-state index contributed by atoms with van der Waals surface area (Å²) in [6.07, 6.45) is 0. The van der Waals surface area contributed by atoms with E-state index >= 15 is 0 Å². The Balaban J connectivity index is 3.41. The predicted molar refractivity (Wildman–Crippen MR) is 56.8 cm³/mol. The van der Waals surface area contributed by atoms with Crippen LogP contribution in [0.2, 0.25) is 10.0 Å². The number of carboxylic acids is 1. The van der Waals surface area contributed by atoms with Crippen molar-refractivity contribution in [2.45, 2.75) is 0 Å². The van der Waals surface area contributed by atoms with Crippen molar-refractivity contribution in [3.8, 4) is 0 Å². The molecule has 0 atom stereocenters. The average molecular weight is 248 g/mol. The monoisotopic (exact) mass is 247 g/mol. The second kappa shape index (κ2) is 4.51. The Labute approximate surface area is 95.8 Å². The van der Waals surface area contributed by atoms with E-state index < -0.39 is 11.9 Å². The van der Waals surface area contributed by atoms with Gasteiger partial charge in [0, 0.05) is 7.05 Å². The van der Waals surface area contributed by atoms with Crippen molar-refractivity contribution in [3.05, 3.63) is 33.3 Å². The number of aromatic carboxylic acids is 1. The highest BCUT2D eigenvalue weighted by atomic mass is 35.5. The maximum Gasteiger partial charge on any atom is 0.336 e. The molecule has 0 unspecified atom stereocenters. The van der Waals surface area contributed by atoms with E-state index in [0.717, 1.165) is 6.07 Å². The molecule has 0 saturated heterocycles. The van der Waals surface area contributed by atoms with Crippen LogP contribution in [-0.4, -0.2) is 24.0 Å². The Bertz CT molecular complexity index is 432. The van der Waals surface area contributed by atoms with Gasteiger partial charge in [-0.15, -0.1) is 0 Å². The number of amides is 1. The number of benzene rings is 1. The summed E-state index contributed by atoms with van der Waals surface area (Å²) in [5.74, 6) is -1.75. The van der Waals surface area contributed by atoms with Gasteiger partial charge in [-0.1, -0.05) is 23.2 Å². The predicted octanol–water partition coefficient (Wildman–Crippen LogP) is 2.05. The zero-order chi connectivity index (χ0) is 11.6. The van der Waals surface area contributed by atoms with Gasteiger partial charge in [-0.3, -0.25) is 4.79 Å². The number of hydrogen-bond acceptors (Lipinski definition) is 2. The molecule has 0 aliphatic heterocycles. The van der Waals surface area contributed by atoms with Crippen LogP contribution in [0.5, 0.6) is 0 Å². The van der Waals surface area contributed by atoms with Crippen LogP contribution in [-0.2, 0) is 0 Å². The summed E-state index contributed by atoms with van der Waals surface area (Å²) < 4.78 is 0. The van der Waals surface area contributed by atoms with E-state index in [1.807, 2.05) is 0 Å². The molecule has 0 bridgehead atoms. The van der Waals surface area contributed by atoms with Crippen LogP contribution in [0.1, 0.15) is 20.7 Å². The first-order chi connectivity index (χ1) is 6.97. The van der Waals surface area contributed by atoms with Crippen molar-refractivity contribution in [1.29, 1.82) is 0 Å². The third-order valence-electron chi connectivity index (χ3n) is 1.76. The quantitative estimate of drug-likeness (QED) is 0.841. The molecular formula is C9H7Cl2NO3. The van der Waals surface area contributed by atoms with E-state index in [-0.39, 0.29) is 21.2 Å². The summed E-state index contributed by atoms with van der Waals surface area (Å²) >= 11 is 11.3. The number of hydrogen-bond donors (Lipinski definition) is 2. The van der Waals surface area contributed by atoms with Gasteiger partial charge in [0.15, 0.2) is 0 Å². The lowest BCUT2D eigenvalue weighted by molar-refractivity contribution is 0.0691. The number of nitrogens with one attached hydrogen (secondary N) is 1. The Morgan fingerprint density at radius 2 is 1.67 bits per heavy atom. The third-order valence-corrected chi connectivity index (χ3v) is 2.48. The molecule has 80 valence electrons. The minimum Gasteiger partial charge on any atom is -0.478 e. The molecule has 0 heterocycles. The lowest BCUT2D eigenvalue weighted by Crippen LogP contribution is -2.21. The molecule has 0 aliphatic rings. The largest absolute Gasteiger partial charge is 0.478 e. The summed E-state index contributed by atoms with van der Waals surface area (Å²) in [6, 6.07) is 2.38. The number of carbonyl (C=O) groups excluding carboxylic acids is 1. The summed E-state index contributed by atoms with van der Waals surface area (Å²) in [5.41, 5.74) is -0.192. The van der Waals surface area contributed by atoms with Gasteiger partial charge in [-0.05, 0) is 12.1 Å². The minimum atomic E-state index is -1.23. The molecule has 1 rings (SSSR count). The standard InChI is InChI=1S/C9H7Cl2NO3/c1-12-8(13)4-2-6(10)7(11)3-5(4)9(14)15/h2-3H,1H3,(H,12,13)(H,14,15). The molecule has 1 aromatic rings. The van der Waals surface area contributed by atoms with Gasteiger partial charge in [0.1, 0.15) is 0 Å². The van der Waals surface area contributed by atoms with Gasteiger partial charge in [-0.2, -0.15) is 0 Å². The van der Waals surface area contributed by atoms with E-state index in [1.54, 1.807) is 0 Å². The molecule has 0 aromatic heterocycles. The van der Waals surface area contributed by atoms with E-state index in [0.29, 0.717) is 0 Å². The maximum absolute atomic E-state index is 11.3. The van der Waals surface area contributed by atoms with Crippen LogP contribution in [0, 0.1) is 0 Å². The van der Waals surface area contributed by atoms with Crippen LogP contribution in [0.4, 0.5) is 0 Å². The summed E-state index contributed by atoms with van der Waals surface area (Å²) in [4.78, 5) is 22.1. The fraction of sp³-hybridized carbons (Fsp3) is 0.111. The highest BCUT2D eigenvalue weighted by Crippen LogP contribution is 2.26. The molecule has 1 aromatic carbocycles. The summed E-state index contributed by atoms with van der Waals surface area (Å²) in [7, 11) is 1.40. The van der Waals surface area contributed by atoms with Crippen LogP contribution in [0.3, 0.4) is 0 Å². The number of carbonyl (C=O) groups is 2. The smallest absolute Gasteiger partial charge is 0.336 e. The van der Waals surface area contributed by atoms with Crippen molar-refractivity contribution in [1.82, 2.24) is 5.32 Å². The highest BCUT2D eigenvalue weighted by molar-refractivity contribution is 6.42. The van der Waals surface area contributed by atoms with Crippen molar-refractivity contribution >= 4 is 35.1 Å². The third kappa shape index (κ3) is 2.40. The molecule has 0 radical (unpaired) electrons. The lowest BCUT2D eigenvalue weighted by Gasteiger charge is -2.06. The van der Waals surface area contributed by atoms with Gasteiger partial charge in [0.2, 0.25) is 0 Å². The van der Waals surface area contributed by atoms with E-state index in [9.17, 15) is 9.59 Å². The molecule has 4 nitrogen and oxygen atoms in total. The Morgan fingerprint density at radius 1 is 1.20 bits per heavy atom. The van der Waals surface area contributed by atoms with Crippen LogP contribution < -0.4 is 5.32 Å². The van der Waals surface area contributed by atoms with Gasteiger partial charge >= 0.3 is 5.97 Å². The Kier molecular flexibility index (Phi) is 3.55. The summed E-state index contributed by atoms with van der Waals surface area (Å²) in [6.45, 7) is 0. The number of rotatable bonds is 2. The van der Waals surface area contributed by atoms with Gasteiger partial charge in [-0.25, -0.2) is 4.79 Å². The first-order valence-corrected chi connectivity index (χ1v) is 4.67. The molecule has 6 heteroatoms. The first kappa shape index (κ1) is 11.8. The minimum absolute atomic E-state index is 0.0144. The van der Waals surface area contributed by atoms with Crippen molar-refractivity contribution in [2.75, 3.05) is 7.05 Å². The van der Waals surface area contributed by atoms with Crippen LogP contribution in [0.25, 0.3) is 0 Å². The molecule has 0 fully saturated rings. The molecule has 2 N–H and O–H groups in total. The van der Waals surface area contributed by atoms with Crippen molar-refractivity contribution in [2.24, 2.45) is 0 Å². The fourth-order valence-corrected chi connectivity index (χ4v) is 1.37. The van der Waals surface area contributed by atoms with E-state index in [4.69, 9.17) is 28.3 Å². The first-order valence-electron chi connectivity index (χ1n) is 3.91. The van der Waals surface area contributed by atoms with Gasteiger partial charge < -0.3 is 10.4 Å². The van der Waals surface area contributed by atoms with Crippen molar-refractivity contribution < 1.29 is 14.7 Å². The second-order valence-electron chi connectivity index (χ2n) is 2.70. The number of halogens is 2. The van der Waals surface area contributed by atoms with E-state index in [2.05, 4.69) is 5.32 Å². The highest BCUT2D eigenvalue weighted by Gasteiger charge is 2.17. The average Bonchev–Trinajstić information content (AvgIpc) is 2.20. The Hall–Kier alpha value is -1.26. The zero-order valence-electron chi connectivity index (χ0n) is 7.67. The van der Waals surface area contributed by atoms with Crippen LogP contribution >= 0.6 is 23.2 Å². The van der Waals surface area contributed by atoms with Gasteiger partial charge in [0.05, 0.1) is 21.2 Å². The normalized spacial score (nSPS) is 9.80. The Morgan fingerprint density at radius 3 is 2.07 bits per heavy atom. The summed E-state index contributed by atoms with van der Waals surface area (Å²) in [5, 5.41) is 11.4. The second-order valence-corrected chi connectivity index (χ2v) is 3.51. The van der Waals surface area contributed by atoms with Crippen molar-refractivity contribution in [3.63, 3.8) is 0 Å². The van der Waals surface area contributed by atoms with E-state index in [1.165, 1.54) is 13.1 Å². The SMILES string of the molecule is CNC(=O)c1cc(Cl)c(Cl)cc1C(=O)O. The molecule has 15 heavy (non-hydrogen) atoms. The van der Waals surface area contributed by atoms with Gasteiger partial charge in [0.25, 0.3) is 5.91 Å².